The molecular formula is C8H13N5. The Bertz CT molecular complexity index is 336. The van der Waals surface area contributed by atoms with Crippen LogP contribution in [-0.4, -0.2) is 15.9 Å². The van der Waals surface area contributed by atoms with Crippen LogP contribution < -0.4 is 11.1 Å². The van der Waals surface area contributed by atoms with Crippen molar-refractivity contribution in [1.29, 1.82) is 0 Å². The quantitative estimate of drug-likeness (QED) is 0.555. The number of rotatable bonds is 0. The summed E-state index contributed by atoms with van der Waals surface area (Å²) in [7, 11) is 0. The fourth-order valence-electron chi connectivity index (χ4n) is 0.953. The number of aliphatic imine (C=N–C) groups is 1. The van der Waals surface area contributed by atoms with Crippen LogP contribution >= 0.6 is 0 Å². The molecule has 0 bridgehead atoms. The van der Waals surface area contributed by atoms with E-state index >= 15 is 0 Å². The highest BCUT2D eigenvalue weighted by Crippen LogP contribution is 2.21. The number of aromatic amines is 1. The van der Waals surface area contributed by atoms with Gasteiger partial charge < -0.3 is 16.0 Å². The number of fused-ring (bicyclic) bond motifs is 1. The average molecular weight is 179 g/mol. The average Bonchev–Trinajstić information content (AvgIpc) is 2.55. The number of nitrogens with zero attached hydrogens (tertiary/aromatic N) is 2. The molecule has 0 amide bonds. The Hall–Kier alpha value is -1.78. The molecule has 0 saturated carbocycles. The summed E-state index contributed by atoms with van der Waals surface area (Å²) in [5.74, 6) is 0.917. The third-order valence-electron chi connectivity index (χ3n) is 1.43. The maximum absolute atomic E-state index is 5.42. The second-order valence-corrected chi connectivity index (χ2v) is 2.20. The van der Waals surface area contributed by atoms with Crippen LogP contribution in [0.25, 0.3) is 5.70 Å². The van der Waals surface area contributed by atoms with Gasteiger partial charge in [0.05, 0.1) is 12.0 Å². The molecule has 0 radical (unpaired) electrons. The standard InChI is InChI=1S/C6H7N5.C2H6/c1-3-4-5(9-2-8-4)11-6(7)10-3;1-2/h2H,1H2,(H,8,9)(H3,7,10,11);1-2H3. The van der Waals surface area contributed by atoms with E-state index in [1.165, 1.54) is 0 Å². The number of hydrogen-bond acceptors (Lipinski definition) is 4. The third kappa shape index (κ3) is 1.69. The van der Waals surface area contributed by atoms with Crippen LogP contribution in [0.3, 0.4) is 0 Å². The van der Waals surface area contributed by atoms with Gasteiger partial charge in [-0.25, -0.2) is 4.98 Å². The van der Waals surface area contributed by atoms with Gasteiger partial charge in [0, 0.05) is 0 Å². The number of H-pyrrole nitrogens is 1. The number of aromatic nitrogens is 2. The van der Waals surface area contributed by atoms with Gasteiger partial charge in [0.25, 0.3) is 0 Å². The molecule has 0 aliphatic carbocycles. The van der Waals surface area contributed by atoms with E-state index in [-0.39, 0.29) is 0 Å². The van der Waals surface area contributed by atoms with Crippen molar-refractivity contribution in [1.82, 2.24) is 15.3 Å². The van der Waals surface area contributed by atoms with Crippen molar-refractivity contribution in [2.45, 2.75) is 13.8 Å². The fraction of sp³-hybridized carbons (Fsp3) is 0.250. The molecule has 0 unspecified atom stereocenters. The van der Waals surface area contributed by atoms with E-state index in [0.29, 0.717) is 17.5 Å². The van der Waals surface area contributed by atoms with Crippen molar-refractivity contribution in [3.05, 3.63) is 18.6 Å². The first kappa shape index (κ1) is 9.31. The van der Waals surface area contributed by atoms with Gasteiger partial charge >= 0.3 is 0 Å². The van der Waals surface area contributed by atoms with Gasteiger partial charge in [-0.2, -0.15) is 4.99 Å². The third-order valence-corrected chi connectivity index (χ3v) is 1.43. The van der Waals surface area contributed by atoms with Crippen LogP contribution in [0.15, 0.2) is 17.9 Å². The zero-order valence-electron chi connectivity index (χ0n) is 7.76. The van der Waals surface area contributed by atoms with E-state index in [9.17, 15) is 0 Å². The molecule has 0 saturated heterocycles. The molecule has 0 fully saturated rings. The lowest BCUT2D eigenvalue weighted by Crippen LogP contribution is -2.31. The molecule has 1 aromatic heterocycles. The van der Waals surface area contributed by atoms with Crippen molar-refractivity contribution in [2.75, 3.05) is 0 Å². The van der Waals surface area contributed by atoms with Crippen LogP contribution in [0, 0.1) is 0 Å². The molecule has 1 aromatic rings. The van der Waals surface area contributed by atoms with Crippen molar-refractivity contribution in [3.63, 3.8) is 0 Å². The minimum Gasteiger partial charge on any atom is -0.369 e. The van der Waals surface area contributed by atoms with E-state index in [1.807, 2.05) is 13.8 Å². The summed E-state index contributed by atoms with van der Waals surface area (Å²) in [6.07, 6.45) is 1.56. The molecule has 0 atom stereocenters. The Labute approximate surface area is 76.8 Å². The molecule has 1 aliphatic heterocycles. The van der Waals surface area contributed by atoms with Gasteiger partial charge in [0.1, 0.15) is 5.69 Å². The molecule has 4 N–H and O–H groups in total. The first-order valence-corrected chi connectivity index (χ1v) is 4.11. The summed E-state index contributed by atoms with van der Waals surface area (Å²) >= 11 is 0. The maximum Gasteiger partial charge on any atom is 0.199 e. The summed E-state index contributed by atoms with van der Waals surface area (Å²) in [5, 5.41) is 2.78. The Morgan fingerprint density at radius 3 is 2.85 bits per heavy atom. The second-order valence-electron chi connectivity index (χ2n) is 2.20. The zero-order valence-corrected chi connectivity index (χ0v) is 7.76. The van der Waals surface area contributed by atoms with Crippen molar-refractivity contribution in [2.24, 2.45) is 10.7 Å². The van der Waals surface area contributed by atoms with E-state index in [1.54, 1.807) is 6.33 Å². The lowest BCUT2D eigenvalue weighted by atomic mass is 10.3. The molecular weight excluding hydrogens is 166 g/mol. The van der Waals surface area contributed by atoms with Crippen LogP contribution in [0.1, 0.15) is 19.5 Å². The lowest BCUT2D eigenvalue weighted by Gasteiger charge is -2.11. The largest absolute Gasteiger partial charge is 0.369 e. The van der Waals surface area contributed by atoms with Gasteiger partial charge in [-0.3, -0.25) is 0 Å². The molecule has 0 aromatic carbocycles. The topological polar surface area (TPSA) is 79.1 Å². The SMILES string of the molecule is C=C1NC(N)=Nc2nc[nH]c21.CC. The monoisotopic (exact) mass is 179 g/mol. The first-order valence-electron chi connectivity index (χ1n) is 4.11. The Kier molecular flexibility index (Phi) is 2.69. The van der Waals surface area contributed by atoms with Gasteiger partial charge in [0.15, 0.2) is 11.8 Å². The molecule has 1 aliphatic rings. The van der Waals surface area contributed by atoms with Gasteiger partial charge in [-0.1, -0.05) is 20.4 Å². The maximum atomic E-state index is 5.42. The van der Waals surface area contributed by atoms with Crippen LogP contribution in [0.2, 0.25) is 0 Å². The highest BCUT2D eigenvalue weighted by atomic mass is 15.2. The first-order chi connectivity index (χ1) is 6.27. The molecule has 13 heavy (non-hydrogen) atoms. The van der Waals surface area contributed by atoms with E-state index in [0.717, 1.165) is 5.69 Å². The van der Waals surface area contributed by atoms with Crippen molar-refractivity contribution in [3.8, 4) is 0 Å². The van der Waals surface area contributed by atoms with E-state index in [2.05, 4.69) is 26.9 Å². The Morgan fingerprint density at radius 1 is 1.46 bits per heavy atom. The number of hydrogen-bond donors (Lipinski definition) is 3. The predicted molar refractivity (Wildman–Crippen MR) is 53.4 cm³/mol. The van der Waals surface area contributed by atoms with Gasteiger partial charge in [0.2, 0.25) is 0 Å². The van der Waals surface area contributed by atoms with Crippen molar-refractivity contribution < 1.29 is 0 Å². The van der Waals surface area contributed by atoms with Crippen LogP contribution in [0.4, 0.5) is 5.82 Å². The van der Waals surface area contributed by atoms with Crippen LogP contribution in [-0.2, 0) is 0 Å². The number of imidazole rings is 1. The highest BCUT2D eigenvalue weighted by molar-refractivity contribution is 5.93. The molecule has 2 heterocycles. The molecule has 5 nitrogen and oxygen atoms in total. The summed E-state index contributed by atoms with van der Waals surface area (Å²) in [5.41, 5.74) is 6.91. The zero-order chi connectivity index (χ0) is 9.84. The Morgan fingerprint density at radius 2 is 2.15 bits per heavy atom. The number of nitrogens with one attached hydrogen (secondary N) is 2. The van der Waals surface area contributed by atoms with Gasteiger partial charge in [-0.15, -0.1) is 0 Å². The normalized spacial score (nSPS) is 13.4. The summed E-state index contributed by atoms with van der Waals surface area (Å²) in [4.78, 5) is 10.8. The van der Waals surface area contributed by atoms with Crippen LogP contribution in [0.5, 0.6) is 0 Å². The van der Waals surface area contributed by atoms with Crippen molar-refractivity contribution >= 4 is 17.5 Å². The van der Waals surface area contributed by atoms with E-state index in [4.69, 9.17) is 5.73 Å². The minimum atomic E-state index is 0.328. The highest BCUT2D eigenvalue weighted by Gasteiger charge is 2.14. The van der Waals surface area contributed by atoms with Gasteiger partial charge in [-0.05, 0) is 0 Å². The summed E-state index contributed by atoms with van der Waals surface area (Å²) in [6.45, 7) is 7.73. The molecule has 0 spiro atoms. The van der Waals surface area contributed by atoms with E-state index < -0.39 is 0 Å². The number of guanidine groups is 1. The number of nitrogens with two attached hydrogens (primary N) is 1. The molecule has 2 rings (SSSR count). The smallest absolute Gasteiger partial charge is 0.199 e. The minimum absolute atomic E-state index is 0.328. The lowest BCUT2D eigenvalue weighted by molar-refractivity contribution is 1.16. The molecule has 70 valence electrons. The second kappa shape index (κ2) is 3.75. The predicted octanol–water partition coefficient (Wildman–Crippen LogP) is 0.956. The summed E-state index contributed by atoms with van der Waals surface area (Å²) < 4.78 is 0. The Balaban J connectivity index is 0.000000396. The molecule has 5 heteroatoms. The fourth-order valence-corrected chi connectivity index (χ4v) is 0.953. The summed E-state index contributed by atoms with van der Waals surface area (Å²) in [6, 6.07) is 0.